The average molecular weight is 573 g/mol. The summed E-state index contributed by atoms with van der Waals surface area (Å²) in [5.74, 6) is -0.773. The molecule has 2 fully saturated rings. The molecule has 2 atom stereocenters. The summed E-state index contributed by atoms with van der Waals surface area (Å²) in [6, 6.07) is 9.45. The second kappa shape index (κ2) is 11.6. The summed E-state index contributed by atoms with van der Waals surface area (Å²) in [5.41, 5.74) is 1.41. The molecule has 39 heavy (non-hydrogen) atoms. The highest BCUT2D eigenvalue weighted by molar-refractivity contribution is 7.89. The summed E-state index contributed by atoms with van der Waals surface area (Å²) < 4.78 is 33.1. The van der Waals surface area contributed by atoms with Gasteiger partial charge in [0.15, 0.2) is 5.13 Å². The number of aliphatic carboxylic acids is 1. The van der Waals surface area contributed by atoms with Crippen LogP contribution in [0.4, 0.5) is 5.13 Å². The first-order valence-corrected chi connectivity index (χ1v) is 15.5. The molecule has 208 valence electrons. The van der Waals surface area contributed by atoms with Crippen LogP contribution in [0, 0.1) is 5.92 Å². The van der Waals surface area contributed by atoms with E-state index in [4.69, 9.17) is 4.74 Å². The van der Waals surface area contributed by atoms with Gasteiger partial charge in [0.05, 0.1) is 24.3 Å². The number of carboxylic acids is 1. The van der Waals surface area contributed by atoms with Crippen LogP contribution in [0.5, 0.6) is 5.88 Å². The number of pyridine rings is 1. The molecule has 12 heteroatoms. The lowest BCUT2D eigenvalue weighted by molar-refractivity contribution is -0.137. The van der Waals surface area contributed by atoms with Crippen molar-refractivity contribution >= 4 is 48.7 Å². The summed E-state index contributed by atoms with van der Waals surface area (Å²) in [6.45, 7) is 0.303. The number of amides is 1. The Balaban J connectivity index is 1.37. The van der Waals surface area contributed by atoms with E-state index in [0.717, 1.165) is 31.2 Å². The molecule has 2 aromatic heterocycles. The molecule has 1 amide bonds. The number of benzene rings is 1. The summed E-state index contributed by atoms with van der Waals surface area (Å²) in [7, 11) is -2.30. The first-order valence-electron chi connectivity index (χ1n) is 13.2. The zero-order valence-electron chi connectivity index (χ0n) is 21.7. The Bertz CT molecular complexity index is 1450. The number of anilines is 1. The van der Waals surface area contributed by atoms with E-state index in [9.17, 15) is 23.1 Å². The molecule has 1 aromatic carbocycles. The number of hydrogen-bond acceptors (Lipinski definition) is 8. The number of ether oxygens (including phenoxy) is 1. The molecule has 2 N–H and O–H groups in total. The number of thiazole rings is 1. The highest BCUT2D eigenvalue weighted by Gasteiger charge is 2.36. The fraction of sp³-hybridized carbons (Fsp3) is 0.481. The van der Waals surface area contributed by atoms with Gasteiger partial charge in [-0.1, -0.05) is 49.2 Å². The van der Waals surface area contributed by atoms with E-state index >= 15 is 0 Å². The van der Waals surface area contributed by atoms with E-state index in [1.165, 1.54) is 27.8 Å². The van der Waals surface area contributed by atoms with Gasteiger partial charge in [-0.25, -0.2) is 18.4 Å². The number of aromatic nitrogens is 2. The number of methoxy groups -OCH3 is 1. The Morgan fingerprint density at radius 2 is 1.85 bits per heavy atom. The zero-order chi connectivity index (χ0) is 27.6. The summed E-state index contributed by atoms with van der Waals surface area (Å²) in [6.07, 6.45) is 6.05. The molecule has 10 nitrogen and oxygen atoms in total. The van der Waals surface area contributed by atoms with Crippen LogP contribution in [0.15, 0.2) is 41.3 Å². The van der Waals surface area contributed by atoms with Crippen molar-refractivity contribution in [2.75, 3.05) is 19.0 Å². The van der Waals surface area contributed by atoms with E-state index in [2.05, 4.69) is 15.3 Å². The van der Waals surface area contributed by atoms with Crippen molar-refractivity contribution in [2.24, 2.45) is 5.92 Å². The molecule has 3 aromatic rings. The van der Waals surface area contributed by atoms with Crippen LogP contribution in [-0.2, 0) is 19.6 Å². The van der Waals surface area contributed by atoms with Gasteiger partial charge < -0.3 is 15.2 Å². The van der Waals surface area contributed by atoms with Crippen molar-refractivity contribution < 1.29 is 27.9 Å². The van der Waals surface area contributed by atoms with Gasteiger partial charge in [0.25, 0.3) is 0 Å². The summed E-state index contributed by atoms with van der Waals surface area (Å²) in [4.78, 5) is 34.4. The van der Waals surface area contributed by atoms with Gasteiger partial charge in [-0.3, -0.25) is 9.59 Å². The second-order valence-electron chi connectivity index (χ2n) is 10.2. The van der Waals surface area contributed by atoms with Crippen molar-refractivity contribution in [1.82, 2.24) is 14.3 Å². The van der Waals surface area contributed by atoms with Crippen molar-refractivity contribution in [3.63, 3.8) is 0 Å². The normalized spacial score (nSPS) is 19.4. The van der Waals surface area contributed by atoms with E-state index in [0.29, 0.717) is 53.1 Å². The molecular formula is C27H32N4O6S2. The molecule has 1 aliphatic carbocycles. The monoisotopic (exact) mass is 572 g/mol. The number of carbonyl (C=O) groups excluding carboxylic acids is 1. The maximum Gasteiger partial charge on any atom is 0.304 e. The number of fused-ring (bicyclic) bond motifs is 1. The van der Waals surface area contributed by atoms with Gasteiger partial charge in [-0.2, -0.15) is 4.31 Å². The Hall–Kier alpha value is -3.09. The van der Waals surface area contributed by atoms with Crippen LogP contribution in [0.3, 0.4) is 0 Å². The van der Waals surface area contributed by atoms with Crippen LogP contribution < -0.4 is 10.1 Å². The Morgan fingerprint density at radius 3 is 2.54 bits per heavy atom. The predicted octanol–water partition coefficient (Wildman–Crippen LogP) is 4.63. The maximum absolute atomic E-state index is 13.6. The van der Waals surface area contributed by atoms with Crippen LogP contribution in [0.1, 0.15) is 62.8 Å². The lowest BCUT2D eigenvalue weighted by Gasteiger charge is -2.24. The van der Waals surface area contributed by atoms with Crippen molar-refractivity contribution in [3.05, 3.63) is 42.0 Å². The fourth-order valence-corrected chi connectivity index (χ4v) is 8.20. The van der Waals surface area contributed by atoms with Gasteiger partial charge in [0.1, 0.15) is 10.3 Å². The summed E-state index contributed by atoms with van der Waals surface area (Å²) in [5, 5.41) is 12.6. The van der Waals surface area contributed by atoms with Crippen LogP contribution in [0.2, 0.25) is 0 Å². The lowest BCUT2D eigenvalue weighted by Crippen LogP contribution is -2.36. The van der Waals surface area contributed by atoms with Crippen molar-refractivity contribution in [2.45, 2.75) is 68.2 Å². The molecule has 2 aliphatic rings. The largest absolute Gasteiger partial charge is 0.481 e. The highest BCUT2D eigenvalue weighted by Crippen LogP contribution is 2.36. The lowest BCUT2D eigenvalue weighted by atomic mass is 9.87. The maximum atomic E-state index is 13.6. The molecule has 5 rings (SSSR count). The number of carbonyl (C=O) groups is 2. The summed E-state index contributed by atoms with van der Waals surface area (Å²) >= 11 is 1.27. The molecule has 1 saturated heterocycles. The third kappa shape index (κ3) is 6.07. The number of hydrogen-bond donors (Lipinski definition) is 2. The molecule has 0 spiro atoms. The second-order valence-corrected chi connectivity index (χ2v) is 13.1. The number of nitrogens with zero attached hydrogens (tertiary/aromatic N) is 3. The third-order valence-electron chi connectivity index (χ3n) is 7.65. The minimum atomic E-state index is -3.84. The molecule has 3 heterocycles. The van der Waals surface area contributed by atoms with Gasteiger partial charge in [-0.15, -0.1) is 0 Å². The predicted molar refractivity (Wildman–Crippen MR) is 148 cm³/mol. The van der Waals surface area contributed by atoms with E-state index < -0.39 is 28.0 Å². The SMILES string of the molecule is COc1ccc2nc(NC(=O)C(CC3CCCC3)c3ccc(S(=O)(=O)N4CCC[C@H]4CC(=O)O)cc3)sc2n1. The molecule has 1 saturated carbocycles. The Kier molecular flexibility index (Phi) is 8.15. The van der Waals surface area contributed by atoms with Gasteiger partial charge >= 0.3 is 5.97 Å². The molecule has 1 aliphatic heterocycles. The van der Waals surface area contributed by atoms with Gasteiger partial charge in [0.2, 0.25) is 21.8 Å². The van der Waals surface area contributed by atoms with Crippen molar-refractivity contribution in [1.29, 1.82) is 0 Å². The zero-order valence-corrected chi connectivity index (χ0v) is 23.3. The van der Waals surface area contributed by atoms with Gasteiger partial charge in [-0.05, 0) is 48.9 Å². The van der Waals surface area contributed by atoms with E-state index in [-0.39, 0.29) is 17.2 Å². The average Bonchev–Trinajstić information content (AvgIpc) is 3.67. The molecule has 1 unspecified atom stereocenters. The Labute approximate surface area is 231 Å². The Morgan fingerprint density at radius 1 is 1.10 bits per heavy atom. The van der Waals surface area contributed by atoms with E-state index in [1.54, 1.807) is 31.4 Å². The highest BCUT2D eigenvalue weighted by atomic mass is 32.2. The van der Waals surface area contributed by atoms with E-state index in [1.807, 2.05) is 0 Å². The third-order valence-corrected chi connectivity index (χ3v) is 10.5. The first-order chi connectivity index (χ1) is 18.7. The number of nitrogens with one attached hydrogen (secondary N) is 1. The number of sulfonamides is 1. The van der Waals surface area contributed by atoms with Gasteiger partial charge in [0, 0.05) is 18.7 Å². The van der Waals surface area contributed by atoms with Crippen molar-refractivity contribution in [3.8, 4) is 5.88 Å². The smallest absolute Gasteiger partial charge is 0.304 e. The number of carboxylic acid groups (broad SMARTS) is 1. The molecule has 0 radical (unpaired) electrons. The van der Waals surface area contributed by atoms with Crippen LogP contribution >= 0.6 is 11.3 Å². The van der Waals surface area contributed by atoms with Crippen LogP contribution in [-0.4, -0.2) is 59.4 Å². The standard InChI is InChI=1S/C27H32N4O6S2/c1-37-23-13-12-22-26(29-23)38-27(28-22)30-25(34)21(15-17-5-2-3-6-17)18-8-10-20(11-9-18)39(35,36)31-14-4-7-19(31)16-24(32)33/h8-13,17,19,21H,2-7,14-16H2,1H3,(H,32,33)(H,28,30,34)/t19-,21?/m0/s1. The molecular weight excluding hydrogens is 540 g/mol. The fourth-order valence-electron chi connectivity index (χ4n) is 5.67. The quantitative estimate of drug-likeness (QED) is 0.359. The first kappa shape index (κ1) is 27.5. The molecule has 0 bridgehead atoms. The minimum absolute atomic E-state index is 0.106. The topological polar surface area (TPSA) is 139 Å². The number of rotatable bonds is 10. The minimum Gasteiger partial charge on any atom is -0.481 e. The van der Waals surface area contributed by atoms with Crippen LogP contribution in [0.25, 0.3) is 10.3 Å².